The topological polar surface area (TPSA) is 180 Å². The lowest BCUT2D eigenvalue weighted by Crippen LogP contribution is -2.55. The smallest absolute Gasteiger partial charge is 0.245 e. The van der Waals surface area contributed by atoms with Crippen molar-refractivity contribution in [2.75, 3.05) is 27.4 Å². The summed E-state index contributed by atoms with van der Waals surface area (Å²) in [7, 11) is 3.01. The maximum atomic E-state index is 12.7. The highest BCUT2D eigenvalue weighted by molar-refractivity contribution is 5.93. The van der Waals surface area contributed by atoms with Crippen molar-refractivity contribution in [2.24, 2.45) is 11.8 Å². The summed E-state index contributed by atoms with van der Waals surface area (Å²) in [6.07, 6.45) is 3.67. The molecule has 0 aliphatic heterocycles. The van der Waals surface area contributed by atoms with Crippen LogP contribution in [0.5, 0.6) is 0 Å². The molecule has 1 aliphatic carbocycles. The highest BCUT2D eigenvalue weighted by Gasteiger charge is 2.31. The van der Waals surface area contributed by atoms with Gasteiger partial charge in [0.2, 0.25) is 23.6 Å². The maximum absolute atomic E-state index is 12.7. The van der Waals surface area contributed by atoms with E-state index in [0.29, 0.717) is 31.7 Å². The Hall–Kier alpha value is -2.86. The number of hydrogen-bond acceptors (Lipinski definition) is 8. The van der Waals surface area contributed by atoms with E-state index in [2.05, 4.69) is 21.3 Å². The number of rotatable bonds is 16. The number of methoxy groups -OCH3 is 1. The second kappa shape index (κ2) is 16.7. The van der Waals surface area contributed by atoms with Crippen molar-refractivity contribution in [1.82, 2.24) is 21.3 Å². The van der Waals surface area contributed by atoms with E-state index in [1.807, 2.05) is 0 Å². The van der Waals surface area contributed by atoms with Crippen LogP contribution in [-0.4, -0.2) is 86.3 Å². The van der Waals surface area contributed by atoms with Gasteiger partial charge in [-0.3, -0.25) is 24.0 Å². The van der Waals surface area contributed by atoms with Gasteiger partial charge in [-0.2, -0.15) is 0 Å². The number of carbonyl (C=O) groups excluding carboxylic acids is 6. The van der Waals surface area contributed by atoms with Gasteiger partial charge in [-0.05, 0) is 51.4 Å². The fourth-order valence-electron chi connectivity index (χ4n) is 4.18. The SMILES string of the molecule is CNC(=O)C(CCC(=O)NC(CCC=O)C(C)=O)NC(=O)C(CO)NC(=O)C1CCC(COC)CC1. The lowest BCUT2D eigenvalue weighted by molar-refractivity contribution is -0.134. The fourth-order valence-corrected chi connectivity index (χ4v) is 4.18. The Morgan fingerprint density at radius 2 is 1.61 bits per heavy atom. The summed E-state index contributed by atoms with van der Waals surface area (Å²) in [4.78, 5) is 72.2. The minimum Gasteiger partial charge on any atom is -0.394 e. The van der Waals surface area contributed by atoms with Crippen LogP contribution in [0, 0.1) is 11.8 Å². The third-order valence-electron chi connectivity index (χ3n) is 6.37. The zero-order valence-corrected chi connectivity index (χ0v) is 21.3. The molecule has 204 valence electrons. The Morgan fingerprint density at radius 1 is 0.944 bits per heavy atom. The van der Waals surface area contributed by atoms with Crippen LogP contribution in [0.15, 0.2) is 0 Å². The largest absolute Gasteiger partial charge is 0.394 e. The molecular weight excluding hydrogens is 472 g/mol. The van der Waals surface area contributed by atoms with Crippen molar-refractivity contribution < 1.29 is 38.6 Å². The Morgan fingerprint density at radius 3 is 2.14 bits per heavy atom. The third-order valence-corrected chi connectivity index (χ3v) is 6.37. The van der Waals surface area contributed by atoms with E-state index in [1.54, 1.807) is 7.11 Å². The molecule has 1 aliphatic rings. The predicted molar refractivity (Wildman–Crippen MR) is 129 cm³/mol. The van der Waals surface area contributed by atoms with E-state index < -0.39 is 42.5 Å². The summed E-state index contributed by atoms with van der Waals surface area (Å²) >= 11 is 0. The first-order valence-corrected chi connectivity index (χ1v) is 12.3. The first-order valence-electron chi connectivity index (χ1n) is 12.3. The lowest BCUT2D eigenvalue weighted by atomic mass is 9.82. The molecular formula is C24H40N4O8. The van der Waals surface area contributed by atoms with Crippen LogP contribution >= 0.6 is 0 Å². The average Bonchev–Trinajstić information content (AvgIpc) is 2.87. The molecule has 1 saturated carbocycles. The molecule has 0 spiro atoms. The number of Topliss-reactive ketones (excluding diaryl/α,β-unsaturated/α-hetero) is 1. The molecule has 36 heavy (non-hydrogen) atoms. The molecule has 5 N–H and O–H groups in total. The standard InChI is InChI=1S/C24H40N4O8/c1-15(31)18(5-4-12-29)26-21(32)11-10-19(23(34)25-2)27-24(35)20(13-30)28-22(33)17-8-6-16(7-9-17)14-36-3/h12,16-20,30H,4-11,13-14H2,1-3H3,(H,25,34)(H,26,32)(H,27,35)(H,28,33). The minimum absolute atomic E-state index is 0.0782. The Balaban J connectivity index is 2.66. The van der Waals surface area contributed by atoms with Crippen molar-refractivity contribution >= 4 is 35.7 Å². The number of aliphatic hydroxyl groups is 1. The zero-order chi connectivity index (χ0) is 27.1. The van der Waals surface area contributed by atoms with Crippen molar-refractivity contribution in [3.63, 3.8) is 0 Å². The molecule has 0 aromatic carbocycles. The van der Waals surface area contributed by atoms with Gasteiger partial charge >= 0.3 is 0 Å². The highest BCUT2D eigenvalue weighted by Crippen LogP contribution is 2.29. The van der Waals surface area contributed by atoms with E-state index in [9.17, 15) is 33.9 Å². The number of carbonyl (C=O) groups is 6. The van der Waals surface area contributed by atoms with Crippen molar-refractivity contribution in [1.29, 1.82) is 0 Å². The number of ether oxygens (including phenoxy) is 1. The van der Waals surface area contributed by atoms with Crippen LogP contribution in [0.4, 0.5) is 0 Å². The fraction of sp³-hybridized carbons (Fsp3) is 0.750. The van der Waals surface area contributed by atoms with E-state index >= 15 is 0 Å². The normalized spacial score (nSPS) is 19.8. The number of nitrogens with one attached hydrogen (secondary N) is 4. The minimum atomic E-state index is -1.25. The van der Waals surface area contributed by atoms with Gasteiger partial charge in [0.1, 0.15) is 18.4 Å². The van der Waals surface area contributed by atoms with E-state index in [0.717, 1.165) is 12.8 Å². The Kier molecular flexibility index (Phi) is 14.5. The molecule has 3 unspecified atom stereocenters. The molecule has 0 saturated heterocycles. The Labute approximate surface area is 211 Å². The van der Waals surface area contributed by atoms with E-state index in [4.69, 9.17) is 4.74 Å². The number of ketones is 1. The van der Waals surface area contributed by atoms with Gasteiger partial charge in [0.15, 0.2) is 5.78 Å². The molecule has 1 fully saturated rings. The van der Waals surface area contributed by atoms with Gasteiger partial charge < -0.3 is 35.9 Å². The first kappa shape index (κ1) is 31.2. The highest BCUT2D eigenvalue weighted by atomic mass is 16.5. The molecule has 0 aromatic heterocycles. The number of amides is 4. The van der Waals surface area contributed by atoms with E-state index in [1.165, 1.54) is 14.0 Å². The molecule has 3 atom stereocenters. The van der Waals surface area contributed by atoms with Gasteiger partial charge in [0.25, 0.3) is 0 Å². The van der Waals surface area contributed by atoms with Crippen molar-refractivity contribution in [3.8, 4) is 0 Å². The van der Waals surface area contributed by atoms with Crippen LogP contribution in [0.3, 0.4) is 0 Å². The summed E-state index contributed by atoms with van der Waals surface area (Å²) < 4.78 is 5.16. The summed E-state index contributed by atoms with van der Waals surface area (Å²) in [6, 6.07) is -3.16. The summed E-state index contributed by atoms with van der Waals surface area (Å²) in [6.45, 7) is 1.29. The summed E-state index contributed by atoms with van der Waals surface area (Å²) in [5.41, 5.74) is 0. The maximum Gasteiger partial charge on any atom is 0.245 e. The van der Waals surface area contributed by atoms with Crippen molar-refractivity contribution in [3.05, 3.63) is 0 Å². The predicted octanol–water partition coefficient (Wildman–Crippen LogP) is -1.02. The molecule has 0 bridgehead atoms. The molecule has 12 nitrogen and oxygen atoms in total. The van der Waals surface area contributed by atoms with E-state index in [-0.39, 0.29) is 43.3 Å². The molecule has 0 aromatic rings. The molecule has 1 rings (SSSR count). The van der Waals surface area contributed by atoms with Crippen LogP contribution in [0.25, 0.3) is 0 Å². The second-order valence-electron chi connectivity index (χ2n) is 9.11. The first-order chi connectivity index (χ1) is 17.2. The quantitative estimate of drug-likeness (QED) is 0.163. The second-order valence-corrected chi connectivity index (χ2v) is 9.11. The number of aldehydes is 1. The van der Waals surface area contributed by atoms with Gasteiger partial charge in [0.05, 0.1) is 12.6 Å². The van der Waals surface area contributed by atoms with Gasteiger partial charge in [-0.1, -0.05) is 0 Å². The number of aliphatic hydroxyl groups excluding tert-OH is 1. The van der Waals surface area contributed by atoms with Gasteiger partial charge in [0, 0.05) is 39.5 Å². The van der Waals surface area contributed by atoms with Crippen LogP contribution in [-0.2, 0) is 33.5 Å². The monoisotopic (exact) mass is 512 g/mol. The van der Waals surface area contributed by atoms with Crippen molar-refractivity contribution in [2.45, 2.75) is 76.4 Å². The molecule has 0 heterocycles. The summed E-state index contributed by atoms with van der Waals surface area (Å²) in [5.74, 6) is -2.32. The van der Waals surface area contributed by atoms with Crippen LogP contribution in [0.2, 0.25) is 0 Å². The molecule has 4 amide bonds. The zero-order valence-electron chi connectivity index (χ0n) is 21.3. The molecule has 0 radical (unpaired) electrons. The number of likely N-dealkylation sites (N-methyl/N-ethyl adjacent to an activating group) is 1. The lowest BCUT2D eigenvalue weighted by Gasteiger charge is -2.28. The molecule has 12 heteroatoms. The Bertz CT molecular complexity index is 767. The number of hydrogen-bond donors (Lipinski definition) is 5. The van der Waals surface area contributed by atoms with Crippen LogP contribution < -0.4 is 21.3 Å². The van der Waals surface area contributed by atoms with Crippen LogP contribution in [0.1, 0.15) is 58.3 Å². The summed E-state index contributed by atoms with van der Waals surface area (Å²) in [5, 5.41) is 19.7. The van der Waals surface area contributed by atoms with Gasteiger partial charge in [-0.15, -0.1) is 0 Å². The third kappa shape index (κ3) is 10.8. The average molecular weight is 513 g/mol. The van der Waals surface area contributed by atoms with Gasteiger partial charge in [-0.25, -0.2) is 0 Å².